The first kappa shape index (κ1) is 23.5. The maximum atomic E-state index is 13.7. The summed E-state index contributed by atoms with van der Waals surface area (Å²) < 4.78 is 58.4. The lowest BCUT2D eigenvalue weighted by Gasteiger charge is -2.42. The van der Waals surface area contributed by atoms with Gasteiger partial charge in [-0.25, -0.2) is 12.8 Å². The van der Waals surface area contributed by atoms with Crippen molar-refractivity contribution in [3.63, 3.8) is 0 Å². The van der Waals surface area contributed by atoms with Crippen LogP contribution in [0.15, 0.2) is 41.3 Å². The first-order valence-corrected chi connectivity index (χ1v) is 12.1. The molecule has 33 heavy (non-hydrogen) atoms. The van der Waals surface area contributed by atoms with Crippen molar-refractivity contribution in [3.8, 4) is 11.5 Å². The molecule has 2 aliphatic rings. The number of methoxy groups -OCH3 is 2. The predicted octanol–water partition coefficient (Wildman–Crippen LogP) is 2.80. The van der Waals surface area contributed by atoms with Gasteiger partial charge in [-0.15, -0.1) is 0 Å². The molecule has 0 aliphatic carbocycles. The zero-order valence-corrected chi connectivity index (χ0v) is 19.7. The van der Waals surface area contributed by atoms with Gasteiger partial charge in [-0.1, -0.05) is 6.07 Å². The van der Waals surface area contributed by atoms with Crippen molar-refractivity contribution in [1.29, 1.82) is 0 Å². The molecule has 1 spiro atoms. The van der Waals surface area contributed by atoms with E-state index in [0.29, 0.717) is 43.0 Å². The van der Waals surface area contributed by atoms with Crippen molar-refractivity contribution in [2.75, 3.05) is 40.5 Å². The van der Waals surface area contributed by atoms with Crippen LogP contribution in [0.4, 0.5) is 4.39 Å². The van der Waals surface area contributed by atoms with Gasteiger partial charge in [-0.2, -0.15) is 4.31 Å². The third-order valence-electron chi connectivity index (χ3n) is 6.30. The van der Waals surface area contributed by atoms with Crippen LogP contribution in [0.2, 0.25) is 0 Å². The molecule has 2 fully saturated rings. The molecule has 178 valence electrons. The fourth-order valence-electron chi connectivity index (χ4n) is 4.52. The second-order valence-electron chi connectivity index (χ2n) is 8.12. The van der Waals surface area contributed by atoms with E-state index >= 15 is 0 Å². The number of piperidine rings is 1. The molecule has 0 bridgehead atoms. The highest BCUT2D eigenvalue weighted by Crippen LogP contribution is 2.39. The zero-order chi connectivity index (χ0) is 23.8. The quantitative estimate of drug-likeness (QED) is 0.657. The van der Waals surface area contributed by atoms with E-state index in [2.05, 4.69) is 0 Å². The van der Waals surface area contributed by atoms with Crippen molar-refractivity contribution >= 4 is 15.9 Å². The Balaban J connectivity index is 1.55. The Morgan fingerprint density at radius 1 is 1.09 bits per heavy atom. The molecule has 0 aromatic heterocycles. The number of amides is 1. The summed E-state index contributed by atoms with van der Waals surface area (Å²) in [5.74, 6) is 0.143. The third-order valence-corrected chi connectivity index (χ3v) is 8.25. The average molecular weight is 479 g/mol. The smallest absolute Gasteiger partial charge is 0.257 e. The van der Waals surface area contributed by atoms with E-state index in [1.807, 2.05) is 0 Å². The van der Waals surface area contributed by atoms with Gasteiger partial charge in [0, 0.05) is 32.5 Å². The largest absolute Gasteiger partial charge is 0.493 e. The summed E-state index contributed by atoms with van der Waals surface area (Å²) in [6, 6.07) is 8.89. The minimum absolute atomic E-state index is 0.0332. The van der Waals surface area contributed by atoms with Crippen molar-refractivity contribution in [2.45, 2.75) is 30.4 Å². The first-order chi connectivity index (χ1) is 15.7. The summed E-state index contributed by atoms with van der Waals surface area (Å²) in [7, 11) is -0.910. The third kappa shape index (κ3) is 4.07. The number of ether oxygens (including phenoxy) is 3. The van der Waals surface area contributed by atoms with E-state index in [-0.39, 0.29) is 29.5 Å². The fraction of sp³-hybridized carbons (Fsp3) is 0.435. The lowest BCUT2D eigenvalue weighted by atomic mass is 9.99. The molecular formula is C23H27FN2O6S. The molecular weight excluding hydrogens is 451 g/mol. The van der Waals surface area contributed by atoms with Gasteiger partial charge in [0.15, 0.2) is 11.5 Å². The van der Waals surface area contributed by atoms with Gasteiger partial charge >= 0.3 is 0 Å². The Kier molecular flexibility index (Phi) is 6.35. The van der Waals surface area contributed by atoms with Crippen LogP contribution in [0, 0.1) is 12.7 Å². The number of rotatable bonds is 5. The molecule has 2 aromatic carbocycles. The summed E-state index contributed by atoms with van der Waals surface area (Å²) in [5.41, 5.74) is -0.389. The molecule has 2 aromatic rings. The Morgan fingerprint density at radius 2 is 1.82 bits per heavy atom. The van der Waals surface area contributed by atoms with E-state index in [4.69, 9.17) is 14.2 Å². The highest BCUT2D eigenvalue weighted by atomic mass is 32.2. The predicted molar refractivity (Wildman–Crippen MR) is 118 cm³/mol. The number of benzene rings is 2. The number of likely N-dealkylation sites (tertiary alicyclic amines) is 1. The van der Waals surface area contributed by atoms with Crippen LogP contribution in [0.1, 0.15) is 28.8 Å². The molecule has 2 saturated heterocycles. The van der Waals surface area contributed by atoms with E-state index < -0.39 is 21.6 Å². The number of nitrogens with zero attached hydrogens (tertiary/aromatic N) is 2. The Morgan fingerprint density at radius 3 is 2.45 bits per heavy atom. The highest BCUT2D eigenvalue weighted by molar-refractivity contribution is 7.89. The molecule has 1 amide bonds. The molecule has 0 unspecified atom stereocenters. The molecule has 0 N–H and O–H groups in total. The Bertz CT molecular complexity index is 1160. The van der Waals surface area contributed by atoms with Gasteiger partial charge in [0.05, 0.1) is 31.3 Å². The van der Waals surface area contributed by atoms with Gasteiger partial charge in [0.1, 0.15) is 11.5 Å². The number of para-hydroxylation sites is 1. The molecule has 0 radical (unpaired) electrons. The number of sulfonamides is 1. The van der Waals surface area contributed by atoms with Crippen molar-refractivity contribution in [3.05, 3.63) is 53.3 Å². The van der Waals surface area contributed by atoms with Crippen LogP contribution in [0.25, 0.3) is 0 Å². The van der Waals surface area contributed by atoms with Gasteiger partial charge in [0.2, 0.25) is 10.0 Å². The SMILES string of the molecule is COc1cccc(C(=O)N2CCC3(CC2)OCCN3S(=O)(=O)c2ccc(F)c(C)c2)c1OC. The number of halogens is 1. The minimum Gasteiger partial charge on any atom is -0.493 e. The summed E-state index contributed by atoms with van der Waals surface area (Å²) in [6.07, 6.45) is 0.648. The molecule has 4 rings (SSSR count). The fourth-order valence-corrected chi connectivity index (χ4v) is 6.33. The number of hydrogen-bond acceptors (Lipinski definition) is 6. The van der Waals surface area contributed by atoms with E-state index in [9.17, 15) is 17.6 Å². The zero-order valence-electron chi connectivity index (χ0n) is 18.8. The van der Waals surface area contributed by atoms with Crippen LogP contribution in [0.5, 0.6) is 11.5 Å². The normalized spacial score (nSPS) is 18.5. The first-order valence-electron chi connectivity index (χ1n) is 10.7. The van der Waals surface area contributed by atoms with Crippen molar-refractivity contribution in [2.24, 2.45) is 0 Å². The summed E-state index contributed by atoms with van der Waals surface area (Å²) in [4.78, 5) is 14.9. The summed E-state index contributed by atoms with van der Waals surface area (Å²) in [5, 5.41) is 0. The van der Waals surface area contributed by atoms with Crippen molar-refractivity contribution < 1.29 is 31.8 Å². The topological polar surface area (TPSA) is 85.4 Å². The van der Waals surface area contributed by atoms with Crippen molar-refractivity contribution in [1.82, 2.24) is 9.21 Å². The van der Waals surface area contributed by atoms with E-state index in [1.165, 1.54) is 37.6 Å². The van der Waals surface area contributed by atoms with Gasteiger partial charge in [0.25, 0.3) is 5.91 Å². The Hall–Kier alpha value is -2.69. The average Bonchev–Trinajstić information content (AvgIpc) is 3.23. The van der Waals surface area contributed by atoms with Gasteiger partial charge in [-0.05, 0) is 42.8 Å². The van der Waals surface area contributed by atoms with Gasteiger partial charge in [-0.3, -0.25) is 4.79 Å². The van der Waals surface area contributed by atoms with E-state index in [0.717, 1.165) is 6.07 Å². The summed E-state index contributed by atoms with van der Waals surface area (Å²) in [6.45, 7) is 2.62. The standard InChI is InChI=1S/C23H27FN2O6S/c1-16-15-17(7-8-19(16)24)33(28,29)26-13-14-32-23(26)9-11-25(12-10-23)22(27)18-5-4-6-20(30-2)21(18)31-3/h4-8,15H,9-14H2,1-3H3. The summed E-state index contributed by atoms with van der Waals surface area (Å²) >= 11 is 0. The van der Waals surface area contributed by atoms with Crippen LogP contribution in [-0.2, 0) is 14.8 Å². The number of aryl methyl sites for hydroxylation is 1. The molecule has 8 nitrogen and oxygen atoms in total. The molecule has 0 saturated carbocycles. The van der Waals surface area contributed by atoms with E-state index in [1.54, 1.807) is 23.1 Å². The van der Waals surface area contributed by atoms with Crippen LogP contribution in [0.3, 0.4) is 0 Å². The minimum atomic E-state index is -3.89. The Labute approximate surface area is 192 Å². The number of carbonyl (C=O) groups excluding carboxylic acids is 1. The van der Waals surface area contributed by atoms with Crippen LogP contribution < -0.4 is 9.47 Å². The maximum absolute atomic E-state index is 13.7. The monoisotopic (exact) mass is 478 g/mol. The second kappa shape index (κ2) is 8.92. The second-order valence-corrected chi connectivity index (χ2v) is 9.98. The number of hydrogen-bond donors (Lipinski definition) is 0. The van der Waals surface area contributed by atoms with Crippen LogP contribution >= 0.6 is 0 Å². The maximum Gasteiger partial charge on any atom is 0.257 e. The molecule has 0 atom stereocenters. The highest BCUT2D eigenvalue weighted by Gasteiger charge is 2.51. The lowest BCUT2D eigenvalue weighted by molar-refractivity contribution is -0.0857. The van der Waals surface area contributed by atoms with Crippen LogP contribution in [-0.4, -0.2) is 69.7 Å². The molecule has 10 heteroatoms. The van der Waals surface area contributed by atoms with Gasteiger partial charge < -0.3 is 19.1 Å². The molecule has 2 aliphatic heterocycles. The number of carbonyl (C=O) groups is 1. The lowest BCUT2D eigenvalue weighted by Crippen LogP contribution is -2.55. The molecule has 2 heterocycles.